The van der Waals surface area contributed by atoms with E-state index in [2.05, 4.69) is 4.90 Å². The van der Waals surface area contributed by atoms with E-state index in [1.807, 2.05) is 22.9 Å². The summed E-state index contributed by atoms with van der Waals surface area (Å²) in [5, 5.41) is 4.91. The lowest BCUT2D eigenvalue weighted by molar-refractivity contribution is 0.0297. The van der Waals surface area contributed by atoms with Crippen molar-refractivity contribution in [2.45, 2.75) is 29.5 Å². The third-order valence-electron chi connectivity index (χ3n) is 7.16. The lowest BCUT2D eigenvalue weighted by Crippen LogP contribution is -2.41. The Hall–Kier alpha value is -1.99. The molecule has 2 aromatic rings. The van der Waals surface area contributed by atoms with Gasteiger partial charge < -0.3 is 19.1 Å². The van der Waals surface area contributed by atoms with Crippen molar-refractivity contribution in [1.82, 2.24) is 19.6 Å². The molecule has 1 aromatic heterocycles. The van der Waals surface area contributed by atoms with Crippen molar-refractivity contribution in [2.75, 3.05) is 72.9 Å². The van der Waals surface area contributed by atoms with Crippen LogP contribution in [-0.4, -0.2) is 107 Å². The monoisotopic (exact) mass is 520 g/mol. The van der Waals surface area contributed by atoms with Gasteiger partial charge in [0.1, 0.15) is 0 Å². The van der Waals surface area contributed by atoms with Crippen LogP contribution in [0.1, 0.15) is 34.9 Å². The van der Waals surface area contributed by atoms with Crippen molar-refractivity contribution in [3.8, 4) is 11.3 Å². The van der Waals surface area contributed by atoms with Crippen LogP contribution in [0.5, 0.6) is 0 Å². The van der Waals surface area contributed by atoms with Gasteiger partial charge in [0.15, 0.2) is 5.69 Å². The van der Waals surface area contributed by atoms with E-state index in [4.69, 9.17) is 19.3 Å². The van der Waals surface area contributed by atoms with E-state index in [0.717, 1.165) is 43.7 Å². The summed E-state index contributed by atoms with van der Waals surface area (Å²) in [6, 6.07) is 7.48. The summed E-state index contributed by atoms with van der Waals surface area (Å²) >= 11 is 0. The first-order valence-electron chi connectivity index (χ1n) is 12.6. The van der Waals surface area contributed by atoms with Crippen molar-refractivity contribution in [3.05, 3.63) is 35.5 Å². The summed E-state index contributed by atoms with van der Waals surface area (Å²) in [5.74, 6) is -0.156. The molecule has 0 saturated carbocycles. The number of morpholine rings is 1. The van der Waals surface area contributed by atoms with Crippen LogP contribution in [0.4, 0.5) is 0 Å². The van der Waals surface area contributed by atoms with Gasteiger partial charge in [0.05, 0.1) is 55.4 Å². The highest BCUT2D eigenvalue weighted by atomic mass is 32.3. The highest BCUT2D eigenvalue weighted by Crippen LogP contribution is 2.60. The van der Waals surface area contributed by atoms with Crippen LogP contribution in [-0.2, 0) is 20.0 Å². The van der Waals surface area contributed by atoms with Gasteiger partial charge in [0.2, 0.25) is 0 Å². The number of piperidine rings is 1. The second kappa shape index (κ2) is 11.2. The van der Waals surface area contributed by atoms with Crippen LogP contribution in [0.2, 0.25) is 0 Å². The van der Waals surface area contributed by atoms with E-state index in [1.54, 1.807) is 18.1 Å². The minimum absolute atomic E-state index is 0.00847. The molecule has 1 atom stereocenters. The Kier molecular flexibility index (Phi) is 7.96. The molecule has 0 bridgehead atoms. The number of fused-ring (bicyclic) bond motifs is 3. The van der Waals surface area contributed by atoms with E-state index in [9.17, 15) is 13.9 Å². The number of nitrogens with zero attached hydrogens (tertiary/aromatic N) is 4. The normalized spacial score (nSPS) is 22.6. The van der Waals surface area contributed by atoms with Gasteiger partial charge >= 0.3 is 0 Å². The molecule has 3 aliphatic heterocycles. The topological polar surface area (TPSA) is 110 Å². The van der Waals surface area contributed by atoms with Gasteiger partial charge in [-0.05, 0) is 25.5 Å². The minimum Gasteiger partial charge on any atom is -0.382 e. The van der Waals surface area contributed by atoms with Crippen molar-refractivity contribution in [3.63, 3.8) is 0 Å². The van der Waals surface area contributed by atoms with Crippen molar-refractivity contribution in [2.24, 2.45) is 0 Å². The fourth-order valence-corrected chi connectivity index (χ4v) is 6.99. The summed E-state index contributed by atoms with van der Waals surface area (Å²) in [4.78, 5) is 18.3. The third kappa shape index (κ3) is 5.19. The van der Waals surface area contributed by atoms with Gasteiger partial charge in [0.25, 0.3) is 5.91 Å². The predicted octanol–water partition coefficient (Wildman–Crippen LogP) is 2.95. The number of hydrogen-bond acceptors (Lipinski definition) is 8. The Balaban J connectivity index is 1.47. The maximum atomic E-state index is 13.6. The molecule has 36 heavy (non-hydrogen) atoms. The number of methoxy groups -OCH3 is 1. The zero-order chi connectivity index (χ0) is 25.1. The highest BCUT2D eigenvalue weighted by Gasteiger charge is 2.39. The number of ether oxygens (including phenoxy) is 3. The first-order valence-corrected chi connectivity index (χ1v) is 14.3. The molecule has 1 unspecified atom stereocenters. The molecule has 1 aromatic carbocycles. The minimum atomic E-state index is -3.08. The number of likely N-dealkylation sites (tertiary alicyclic amines) is 1. The molecule has 2 saturated heterocycles. The zero-order valence-corrected chi connectivity index (χ0v) is 21.6. The first-order chi connectivity index (χ1) is 17.5. The van der Waals surface area contributed by atoms with E-state index >= 15 is 0 Å². The summed E-state index contributed by atoms with van der Waals surface area (Å²) < 4.78 is 40.2. The maximum absolute atomic E-state index is 13.6. The molecule has 0 radical (unpaired) electrons. The molecular formula is C25H36N4O6S. The summed E-state index contributed by atoms with van der Waals surface area (Å²) in [6.07, 6.45) is 1.96. The standard InChI is InChI=1S/C25H36N4O6S/c1-33-15-16-35-12-9-27-8-4-5-19(17-27)29-24-20-6-2-3-7-22(20)36(31,32)18-21(24)23(26-29)25(30)28-10-13-34-14-11-28/h2-3,6-7,19,31-32H,4-5,8-18H2,1H3. The molecule has 4 heterocycles. The molecule has 2 N–H and O–H groups in total. The molecule has 0 spiro atoms. The molecular weight excluding hydrogens is 484 g/mol. The zero-order valence-electron chi connectivity index (χ0n) is 20.8. The summed E-state index contributed by atoms with van der Waals surface area (Å²) in [6.45, 7) is 6.42. The Bertz CT molecular complexity index is 1070. The Morgan fingerprint density at radius 1 is 1.17 bits per heavy atom. The van der Waals surface area contributed by atoms with Gasteiger partial charge in [-0.3, -0.25) is 23.5 Å². The van der Waals surface area contributed by atoms with Crippen molar-refractivity contribution < 1.29 is 28.1 Å². The first kappa shape index (κ1) is 25.7. The van der Waals surface area contributed by atoms with Gasteiger partial charge in [-0.1, -0.05) is 18.2 Å². The lowest BCUT2D eigenvalue weighted by atomic mass is 10.0. The van der Waals surface area contributed by atoms with Crippen molar-refractivity contribution >= 4 is 16.5 Å². The van der Waals surface area contributed by atoms with Crippen LogP contribution in [0, 0.1) is 0 Å². The fourth-order valence-electron chi connectivity index (χ4n) is 5.34. The number of amides is 1. The van der Waals surface area contributed by atoms with Gasteiger partial charge in [-0.25, -0.2) is 0 Å². The fraction of sp³-hybridized carbons (Fsp3) is 0.600. The molecule has 2 fully saturated rings. The second-order valence-electron chi connectivity index (χ2n) is 9.53. The third-order valence-corrected chi connectivity index (χ3v) is 8.91. The average molecular weight is 521 g/mol. The number of aromatic nitrogens is 2. The van der Waals surface area contributed by atoms with E-state index in [-0.39, 0.29) is 17.7 Å². The predicted molar refractivity (Wildman–Crippen MR) is 137 cm³/mol. The van der Waals surface area contributed by atoms with Crippen molar-refractivity contribution in [1.29, 1.82) is 0 Å². The molecule has 10 nitrogen and oxygen atoms in total. The SMILES string of the molecule is COCCOCCN1CCCC(n2nc(C(=O)N3CCOCC3)c3c2-c2ccccc2S(O)(O)C3)C1. The molecule has 0 aliphatic carbocycles. The van der Waals surface area contributed by atoms with Crippen LogP contribution >= 0.6 is 10.6 Å². The van der Waals surface area contributed by atoms with Crippen LogP contribution in [0.3, 0.4) is 0 Å². The highest BCUT2D eigenvalue weighted by molar-refractivity contribution is 8.23. The molecule has 5 rings (SSSR count). The van der Waals surface area contributed by atoms with Gasteiger partial charge in [-0.2, -0.15) is 15.7 Å². The largest absolute Gasteiger partial charge is 0.382 e. The number of hydrogen-bond donors (Lipinski definition) is 2. The number of rotatable bonds is 8. The molecule has 198 valence electrons. The van der Waals surface area contributed by atoms with E-state index in [0.29, 0.717) is 62.3 Å². The van der Waals surface area contributed by atoms with Crippen LogP contribution < -0.4 is 0 Å². The lowest BCUT2D eigenvalue weighted by Gasteiger charge is -2.39. The van der Waals surface area contributed by atoms with E-state index in [1.165, 1.54) is 0 Å². The molecule has 3 aliphatic rings. The van der Waals surface area contributed by atoms with Crippen LogP contribution in [0.15, 0.2) is 29.2 Å². The Labute approximate surface area is 213 Å². The number of carbonyl (C=O) groups excluding carboxylic acids is 1. The molecule has 1 amide bonds. The van der Waals surface area contributed by atoms with Gasteiger partial charge in [0, 0.05) is 44.4 Å². The Morgan fingerprint density at radius 2 is 1.97 bits per heavy atom. The van der Waals surface area contributed by atoms with E-state index < -0.39 is 10.6 Å². The Morgan fingerprint density at radius 3 is 2.78 bits per heavy atom. The summed E-state index contributed by atoms with van der Waals surface area (Å²) in [7, 11) is -1.41. The maximum Gasteiger partial charge on any atom is 0.274 e. The summed E-state index contributed by atoms with van der Waals surface area (Å²) in [5.41, 5.74) is 2.58. The number of carbonyl (C=O) groups is 1. The van der Waals surface area contributed by atoms with Crippen LogP contribution in [0.25, 0.3) is 11.3 Å². The number of benzene rings is 1. The molecule has 11 heteroatoms. The second-order valence-corrected chi connectivity index (χ2v) is 11.6. The average Bonchev–Trinajstić information content (AvgIpc) is 3.27. The van der Waals surface area contributed by atoms with Gasteiger partial charge in [-0.15, -0.1) is 0 Å². The smallest absolute Gasteiger partial charge is 0.274 e. The quantitative estimate of drug-likeness (QED) is 0.512.